The van der Waals surface area contributed by atoms with Crippen molar-refractivity contribution in [1.29, 1.82) is 0 Å². The molecule has 1 amide bonds. The van der Waals surface area contributed by atoms with Crippen molar-refractivity contribution in [2.45, 2.75) is 24.6 Å². The fourth-order valence-corrected chi connectivity index (χ4v) is 3.37. The third-order valence-corrected chi connectivity index (χ3v) is 6.59. The van der Waals surface area contributed by atoms with E-state index in [1.165, 1.54) is 24.9 Å². The predicted octanol–water partition coefficient (Wildman–Crippen LogP) is 0.757. The molecule has 2 N–H and O–H groups in total. The summed E-state index contributed by atoms with van der Waals surface area (Å²) in [6, 6.07) is 4.12. The lowest BCUT2D eigenvalue weighted by Gasteiger charge is -2.25. The molecule has 0 spiro atoms. The number of pyridine rings is 2. The second-order valence-corrected chi connectivity index (χ2v) is 8.80. The number of rotatable bonds is 7. The summed E-state index contributed by atoms with van der Waals surface area (Å²) in [6.07, 6.45) is 2.78. The summed E-state index contributed by atoms with van der Waals surface area (Å²) in [7, 11) is -2.49. The zero-order chi connectivity index (χ0) is 21.1. The number of aromatic nitrogens is 2. The molecule has 2 heterocycles. The van der Waals surface area contributed by atoms with Gasteiger partial charge in [-0.25, -0.2) is 23.3 Å². The van der Waals surface area contributed by atoms with E-state index >= 15 is 0 Å². The maximum atomic E-state index is 14.5. The van der Waals surface area contributed by atoms with Crippen LogP contribution in [0.4, 0.5) is 4.39 Å². The number of hydrogen-bond acceptors (Lipinski definition) is 7. The van der Waals surface area contributed by atoms with Crippen LogP contribution in [-0.2, 0) is 21.2 Å². The molecule has 0 aliphatic rings. The molecular formula is C17H20FN3O6S. The summed E-state index contributed by atoms with van der Waals surface area (Å²) in [5.41, 5.74) is 1.11. The number of hydrogen-bond donors (Lipinski definition) is 2. The molecule has 152 valence electrons. The van der Waals surface area contributed by atoms with Crippen molar-refractivity contribution in [3.05, 3.63) is 46.8 Å². The summed E-state index contributed by atoms with van der Waals surface area (Å²) in [5.74, 6) is -1.52. The van der Waals surface area contributed by atoms with Gasteiger partial charge in [0, 0.05) is 48.5 Å². The Bertz CT molecular complexity index is 1040. The van der Waals surface area contributed by atoms with E-state index in [1.807, 2.05) is 0 Å². The van der Waals surface area contributed by atoms with E-state index in [4.69, 9.17) is 9.94 Å². The maximum absolute atomic E-state index is 14.5. The van der Waals surface area contributed by atoms with E-state index in [0.29, 0.717) is 11.4 Å². The molecule has 0 aliphatic carbocycles. The van der Waals surface area contributed by atoms with Crippen molar-refractivity contribution in [1.82, 2.24) is 15.0 Å². The molecule has 2 rings (SSSR count). The molecule has 9 nitrogen and oxygen atoms in total. The second-order valence-electron chi connectivity index (χ2n) is 6.35. The number of carbonyl (C=O) groups excluding carboxylic acids is 1. The van der Waals surface area contributed by atoms with Crippen molar-refractivity contribution in [2.24, 2.45) is 0 Å². The predicted molar refractivity (Wildman–Crippen MR) is 98.2 cm³/mol. The van der Waals surface area contributed by atoms with Crippen molar-refractivity contribution in [3.8, 4) is 17.0 Å². The highest BCUT2D eigenvalue weighted by Crippen LogP contribution is 2.24. The van der Waals surface area contributed by atoms with Gasteiger partial charge in [-0.3, -0.25) is 14.8 Å². The minimum absolute atomic E-state index is 0.0235. The summed E-state index contributed by atoms with van der Waals surface area (Å²) in [4.78, 5) is 28.1. The van der Waals surface area contributed by atoms with Crippen LogP contribution in [0.25, 0.3) is 11.1 Å². The Balaban J connectivity index is 2.34. The minimum atomic E-state index is -3.93. The van der Waals surface area contributed by atoms with Gasteiger partial charge in [-0.05, 0) is 19.4 Å². The number of amides is 1. The lowest BCUT2D eigenvalue weighted by molar-refractivity contribution is -0.131. The van der Waals surface area contributed by atoms with Gasteiger partial charge >= 0.3 is 0 Å². The smallest absolute Gasteiger partial charge is 0.264 e. The summed E-state index contributed by atoms with van der Waals surface area (Å²) < 4.78 is 42.4. The average molecular weight is 413 g/mol. The zero-order valence-corrected chi connectivity index (χ0v) is 16.3. The van der Waals surface area contributed by atoms with Crippen LogP contribution in [-0.4, -0.2) is 47.2 Å². The number of carbonyl (C=O) groups is 1. The van der Waals surface area contributed by atoms with Gasteiger partial charge in [-0.2, -0.15) is 0 Å². The van der Waals surface area contributed by atoms with Crippen LogP contribution in [0.1, 0.15) is 13.3 Å². The first-order valence-corrected chi connectivity index (χ1v) is 9.97. The van der Waals surface area contributed by atoms with Crippen LogP contribution in [0.15, 0.2) is 35.4 Å². The summed E-state index contributed by atoms with van der Waals surface area (Å²) >= 11 is 0. The Kier molecular flexibility index (Phi) is 6.20. The first-order valence-electron chi connectivity index (χ1n) is 8.08. The van der Waals surface area contributed by atoms with E-state index in [9.17, 15) is 22.4 Å². The lowest BCUT2D eigenvalue weighted by Crippen LogP contribution is -2.50. The lowest BCUT2D eigenvalue weighted by atomic mass is 10.1. The number of halogens is 1. The normalized spacial score (nSPS) is 13.6. The molecule has 2 aromatic heterocycles. The number of methoxy groups -OCH3 is 1. The van der Waals surface area contributed by atoms with Crippen LogP contribution in [0.3, 0.4) is 0 Å². The SMILES string of the molecule is COc1ccc(-c2cc(=O)n(CCC(C)(C(=O)NO)S(C)(=O)=O)cc2F)cn1. The summed E-state index contributed by atoms with van der Waals surface area (Å²) in [6.45, 7) is 0.862. The Morgan fingerprint density at radius 3 is 2.61 bits per heavy atom. The fourth-order valence-electron chi connectivity index (χ4n) is 2.52. The zero-order valence-electron chi connectivity index (χ0n) is 15.5. The van der Waals surface area contributed by atoms with Crippen molar-refractivity contribution < 1.29 is 27.5 Å². The molecular weight excluding hydrogens is 393 g/mol. The van der Waals surface area contributed by atoms with E-state index in [2.05, 4.69) is 4.98 Å². The highest BCUT2D eigenvalue weighted by molar-refractivity contribution is 7.92. The van der Waals surface area contributed by atoms with Gasteiger partial charge in [0.05, 0.1) is 7.11 Å². The minimum Gasteiger partial charge on any atom is -0.481 e. The Hall–Kier alpha value is -2.79. The van der Waals surface area contributed by atoms with Gasteiger partial charge in [0.1, 0.15) is 5.82 Å². The molecule has 0 saturated heterocycles. The number of nitrogens with zero attached hydrogens (tertiary/aromatic N) is 2. The molecule has 28 heavy (non-hydrogen) atoms. The van der Waals surface area contributed by atoms with Crippen LogP contribution >= 0.6 is 0 Å². The van der Waals surface area contributed by atoms with E-state index in [1.54, 1.807) is 6.07 Å². The quantitative estimate of drug-likeness (QED) is 0.507. The molecule has 1 atom stereocenters. The highest BCUT2D eigenvalue weighted by Gasteiger charge is 2.43. The van der Waals surface area contributed by atoms with Gasteiger partial charge < -0.3 is 9.30 Å². The standard InChI is InChI=1S/C17H20FN3O6S/c1-17(16(23)20-24,28(3,25)26)6-7-21-10-13(18)12(8-15(21)22)11-4-5-14(27-2)19-9-11/h4-5,8-10,24H,6-7H2,1-3H3,(H,20,23). The van der Waals surface area contributed by atoms with Crippen molar-refractivity contribution in [3.63, 3.8) is 0 Å². The topological polar surface area (TPSA) is 128 Å². The number of ether oxygens (including phenoxy) is 1. The van der Waals surface area contributed by atoms with Crippen LogP contribution in [0.2, 0.25) is 0 Å². The first-order chi connectivity index (χ1) is 13.0. The first kappa shape index (κ1) is 21.5. The van der Waals surface area contributed by atoms with Gasteiger partial charge in [0.15, 0.2) is 14.6 Å². The molecule has 0 radical (unpaired) electrons. The van der Waals surface area contributed by atoms with Gasteiger partial charge in [-0.1, -0.05) is 0 Å². The third-order valence-electron chi connectivity index (χ3n) is 4.56. The van der Waals surface area contributed by atoms with Gasteiger partial charge in [0.25, 0.3) is 11.5 Å². The van der Waals surface area contributed by atoms with Crippen LogP contribution in [0, 0.1) is 5.82 Å². The molecule has 0 fully saturated rings. The Morgan fingerprint density at radius 1 is 1.43 bits per heavy atom. The maximum Gasteiger partial charge on any atom is 0.264 e. The van der Waals surface area contributed by atoms with Crippen LogP contribution in [0.5, 0.6) is 5.88 Å². The Morgan fingerprint density at radius 2 is 2.11 bits per heavy atom. The molecule has 11 heteroatoms. The molecule has 1 unspecified atom stereocenters. The third kappa shape index (κ3) is 4.20. The second kappa shape index (κ2) is 8.07. The van der Waals surface area contributed by atoms with Gasteiger partial charge in [-0.15, -0.1) is 0 Å². The number of sulfone groups is 1. The highest BCUT2D eigenvalue weighted by atomic mass is 32.2. The fraction of sp³-hybridized carbons (Fsp3) is 0.353. The van der Waals surface area contributed by atoms with Crippen molar-refractivity contribution >= 4 is 15.7 Å². The molecule has 0 aromatic carbocycles. The van der Waals surface area contributed by atoms with Gasteiger partial charge in [0.2, 0.25) is 5.88 Å². The average Bonchev–Trinajstić information content (AvgIpc) is 2.66. The summed E-state index contributed by atoms with van der Waals surface area (Å²) in [5, 5.41) is 8.82. The molecule has 0 aliphatic heterocycles. The van der Waals surface area contributed by atoms with E-state index in [0.717, 1.165) is 30.0 Å². The number of nitrogens with one attached hydrogen (secondary N) is 1. The largest absolute Gasteiger partial charge is 0.481 e. The van der Waals surface area contributed by atoms with Crippen LogP contribution < -0.4 is 15.8 Å². The van der Waals surface area contributed by atoms with E-state index in [-0.39, 0.29) is 18.5 Å². The number of aryl methyl sites for hydroxylation is 1. The molecule has 2 aromatic rings. The van der Waals surface area contributed by atoms with Crippen molar-refractivity contribution in [2.75, 3.05) is 13.4 Å². The molecule has 0 bridgehead atoms. The number of hydroxylamine groups is 1. The van der Waals surface area contributed by atoms with E-state index < -0.39 is 31.9 Å². The Labute approximate surface area is 160 Å². The monoisotopic (exact) mass is 413 g/mol. The molecule has 0 saturated carbocycles.